The van der Waals surface area contributed by atoms with Crippen LogP contribution in [-0.4, -0.2) is 19.3 Å². The SMILES string of the molecule is COC1CCCC1NCc1ccc(F)cc1Cl. The maximum Gasteiger partial charge on any atom is 0.124 e. The van der Waals surface area contributed by atoms with Crippen LogP contribution in [0.4, 0.5) is 4.39 Å². The third kappa shape index (κ3) is 3.18. The van der Waals surface area contributed by atoms with E-state index in [4.69, 9.17) is 16.3 Å². The van der Waals surface area contributed by atoms with Crippen LogP contribution in [0.2, 0.25) is 5.02 Å². The van der Waals surface area contributed by atoms with Crippen molar-refractivity contribution < 1.29 is 9.13 Å². The van der Waals surface area contributed by atoms with Crippen LogP contribution in [0.15, 0.2) is 18.2 Å². The van der Waals surface area contributed by atoms with Crippen molar-refractivity contribution in [2.45, 2.75) is 38.0 Å². The molecule has 2 atom stereocenters. The van der Waals surface area contributed by atoms with Crippen LogP contribution in [0, 0.1) is 5.82 Å². The molecule has 0 spiro atoms. The fourth-order valence-electron chi connectivity index (χ4n) is 2.35. The summed E-state index contributed by atoms with van der Waals surface area (Å²) in [5.41, 5.74) is 0.926. The first kappa shape index (κ1) is 12.8. The van der Waals surface area contributed by atoms with Gasteiger partial charge in [0.05, 0.1) is 6.10 Å². The molecule has 0 aromatic heterocycles. The van der Waals surface area contributed by atoms with Crippen LogP contribution in [-0.2, 0) is 11.3 Å². The summed E-state index contributed by atoms with van der Waals surface area (Å²) in [5, 5.41) is 3.90. The summed E-state index contributed by atoms with van der Waals surface area (Å²) in [5.74, 6) is -0.297. The van der Waals surface area contributed by atoms with Crippen molar-refractivity contribution in [1.82, 2.24) is 5.32 Å². The standard InChI is InChI=1S/C13H17ClFNO/c1-17-13-4-2-3-12(13)16-8-9-5-6-10(15)7-11(9)14/h5-7,12-13,16H,2-4,8H2,1H3. The minimum absolute atomic E-state index is 0.286. The smallest absolute Gasteiger partial charge is 0.124 e. The molecule has 1 aliphatic carbocycles. The molecule has 1 aliphatic rings. The van der Waals surface area contributed by atoms with Crippen molar-refractivity contribution in [3.8, 4) is 0 Å². The highest BCUT2D eigenvalue weighted by atomic mass is 35.5. The largest absolute Gasteiger partial charge is 0.380 e. The van der Waals surface area contributed by atoms with Crippen LogP contribution < -0.4 is 5.32 Å². The highest BCUT2D eigenvalue weighted by molar-refractivity contribution is 6.31. The lowest BCUT2D eigenvalue weighted by molar-refractivity contribution is 0.0847. The molecule has 0 heterocycles. The fourth-order valence-corrected chi connectivity index (χ4v) is 2.58. The summed E-state index contributed by atoms with van der Waals surface area (Å²) in [6.07, 6.45) is 3.70. The van der Waals surface area contributed by atoms with Gasteiger partial charge in [-0.25, -0.2) is 4.39 Å². The van der Waals surface area contributed by atoms with Gasteiger partial charge in [0.2, 0.25) is 0 Å². The van der Waals surface area contributed by atoms with Gasteiger partial charge in [0.25, 0.3) is 0 Å². The predicted molar refractivity (Wildman–Crippen MR) is 66.7 cm³/mol. The number of ether oxygens (including phenoxy) is 1. The number of hydrogen-bond donors (Lipinski definition) is 1. The first-order chi connectivity index (χ1) is 8.20. The summed E-state index contributed by atoms with van der Waals surface area (Å²) in [7, 11) is 1.75. The second-order valence-corrected chi connectivity index (χ2v) is 4.84. The zero-order chi connectivity index (χ0) is 12.3. The lowest BCUT2D eigenvalue weighted by atomic mass is 10.1. The Morgan fingerprint density at radius 1 is 1.47 bits per heavy atom. The van der Waals surface area contributed by atoms with Crippen molar-refractivity contribution in [2.24, 2.45) is 0 Å². The molecule has 1 aromatic rings. The van der Waals surface area contributed by atoms with Gasteiger partial charge in [0.1, 0.15) is 5.82 Å². The second kappa shape index (κ2) is 5.80. The topological polar surface area (TPSA) is 21.3 Å². The van der Waals surface area contributed by atoms with Crippen LogP contribution in [0.3, 0.4) is 0 Å². The van der Waals surface area contributed by atoms with E-state index in [0.29, 0.717) is 17.6 Å². The Labute approximate surface area is 106 Å². The molecule has 1 N–H and O–H groups in total. The number of halogens is 2. The van der Waals surface area contributed by atoms with E-state index in [1.54, 1.807) is 13.2 Å². The minimum atomic E-state index is -0.297. The summed E-state index contributed by atoms with van der Waals surface area (Å²) >= 11 is 5.97. The molecule has 1 fully saturated rings. The lowest BCUT2D eigenvalue weighted by Gasteiger charge is -2.20. The summed E-state index contributed by atoms with van der Waals surface area (Å²) in [6, 6.07) is 4.88. The third-order valence-electron chi connectivity index (χ3n) is 3.33. The molecule has 0 bridgehead atoms. The van der Waals surface area contributed by atoms with Crippen molar-refractivity contribution >= 4 is 11.6 Å². The van der Waals surface area contributed by atoms with Crippen molar-refractivity contribution in [3.05, 3.63) is 34.6 Å². The molecule has 4 heteroatoms. The van der Waals surface area contributed by atoms with E-state index in [1.165, 1.54) is 18.6 Å². The van der Waals surface area contributed by atoms with Gasteiger partial charge in [-0.1, -0.05) is 17.7 Å². The van der Waals surface area contributed by atoms with Gasteiger partial charge < -0.3 is 10.1 Å². The van der Waals surface area contributed by atoms with Crippen LogP contribution in [0.1, 0.15) is 24.8 Å². The molecular formula is C13H17ClFNO. The van der Waals surface area contributed by atoms with E-state index in [2.05, 4.69) is 5.32 Å². The Kier molecular flexibility index (Phi) is 4.37. The lowest BCUT2D eigenvalue weighted by Crippen LogP contribution is -2.36. The fraction of sp³-hybridized carbons (Fsp3) is 0.538. The Morgan fingerprint density at radius 2 is 2.29 bits per heavy atom. The normalized spacial score (nSPS) is 24.2. The zero-order valence-corrected chi connectivity index (χ0v) is 10.6. The molecule has 2 nitrogen and oxygen atoms in total. The predicted octanol–water partition coefficient (Wildman–Crippen LogP) is 3.14. The number of rotatable bonds is 4. The van der Waals surface area contributed by atoms with E-state index >= 15 is 0 Å². The Bertz CT molecular complexity index is 386. The van der Waals surface area contributed by atoms with Gasteiger partial charge in [0, 0.05) is 24.7 Å². The molecule has 2 unspecified atom stereocenters. The van der Waals surface area contributed by atoms with Crippen LogP contribution in [0.25, 0.3) is 0 Å². The highest BCUT2D eigenvalue weighted by Gasteiger charge is 2.26. The van der Waals surface area contributed by atoms with Gasteiger partial charge in [-0.3, -0.25) is 0 Å². The molecule has 94 valence electrons. The number of benzene rings is 1. The van der Waals surface area contributed by atoms with Gasteiger partial charge in [-0.15, -0.1) is 0 Å². The highest BCUT2D eigenvalue weighted by Crippen LogP contribution is 2.23. The maximum absolute atomic E-state index is 12.9. The van der Waals surface area contributed by atoms with E-state index in [1.807, 2.05) is 0 Å². The molecule has 2 rings (SSSR count). The molecular weight excluding hydrogens is 241 g/mol. The molecule has 0 saturated heterocycles. The van der Waals surface area contributed by atoms with Crippen molar-refractivity contribution in [3.63, 3.8) is 0 Å². The summed E-state index contributed by atoms with van der Waals surface area (Å²) in [6.45, 7) is 0.656. The third-order valence-corrected chi connectivity index (χ3v) is 3.68. The Balaban J connectivity index is 1.93. The van der Waals surface area contributed by atoms with E-state index in [-0.39, 0.29) is 11.9 Å². The minimum Gasteiger partial charge on any atom is -0.380 e. The quantitative estimate of drug-likeness (QED) is 0.895. The molecule has 17 heavy (non-hydrogen) atoms. The average Bonchev–Trinajstić information content (AvgIpc) is 2.75. The Hall–Kier alpha value is -0.640. The Morgan fingerprint density at radius 3 is 3.00 bits per heavy atom. The molecule has 0 amide bonds. The maximum atomic E-state index is 12.9. The van der Waals surface area contributed by atoms with Gasteiger partial charge in [-0.2, -0.15) is 0 Å². The van der Waals surface area contributed by atoms with Gasteiger partial charge in [0.15, 0.2) is 0 Å². The van der Waals surface area contributed by atoms with Crippen LogP contribution >= 0.6 is 11.6 Å². The first-order valence-corrected chi connectivity index (χ1v) is 6.28. The first-order valence-electron chi connectivity index (χ1n) is 5.91. The van der Waals surface area contributed by atoms with Crippen molar-refractivity contribution in [1.29, 1.82) is 0 Å². The molecule has 0 radical (unpaired) electrons. The monoisotopic (exact) mass is 257 g/mol. The number of nitrogens with one attached hydrogen (secondary N) is 1. The number of hydrogen-bond acceptors (Lipinski definition) is 2. The second-order valence-electron chi connectivity index (χ2n) is 4.43. The van der Waals surface area contributed by atoms with Gasteiger partial charge >= 0.3 is 0 Å². The average molecular weight is 258 g/mol. The molecule has 1 aromatic carbocycles. The molecule has 0 aliphatic heterocycles. The van der Waals surface area contributed by atoms with Gasteiger partial charge in [-0.05, 0) is 37.0 Å². The van der Waals surface area contributed by atoms with E-state index < -0.39 is 0 Å². The number of methoxy groups -OCH3 is 1. The summed E-state index contributed by atoms with van der Waals surface area (Å²) < 4.78 is 18.3. The van der Waals surface area contributed by atoms with Crippen LogP contribution in [0.5, 0.6) is 0 Å². The summed E-state index contributed by atoms with van der Waals surface area (Å²) in [4.78, 5) is 0. The van der Waals surface area contributed by atoms with E-state index in [0.717, 1.165) is 18.4 Å². The van der Waals surface area contributed by atoms with Crippen molar-refractivity contribution in [2.75, 3.05) is 7.11 Å². The van der Waals surface area contributed by atoms with E-state index in [9.17, 15) is 4.39 Å². The zero-order valence-electron chi connectivity index (χ0n) is 9.88. The molecule has 1 saturated carbocycles.